The minimum Gasteiger partial charge on any atom is -0.480 e. The van der Waals surface area contributed by atoms with Crippen molar-refractivity contribution in [1.29, 1.82) is 0 Å². The molecule has 4 aromatic carbocycles. The lowest BCUT2D eigenvalue weighted by Gasteiger charge is -2.27. The molecule has 0 spiro atoms. The van der Waals surface area contributed by atoms with Crippen molar-refractivity contribution in [3.05, 3.63) is 125 Å². The highest BCUT2D eigenvalue weighted by atomic mass is 19.4. The normalized spacial score (nSPS) is 12.6. The van der Waals surface area contributed by atoms with E-state index in [2.05, 4.69) is 10.1 Å². The molecule has 1 atom stereocenters. The molecule has 0 aliphatic rings. The minimum atomic E-state index is -4.98. The monoisotopic (exact) mass is 744 g/mol. The lowest BCUT2D eigenvalue weighted by atomic mass is 9.81. The van der Waals surface area contributed by atoms with Gasteiger partial charge in [-0.2, -0.15) is 26.3 Å². The highest BCUT2D eigenvalue weighted by molar-refractivity contribution is 6.12. The number of carbonyl (C=O) groups excluding carboxylic acids is 4. The van der Waals surface area contributed by atoms with E-state index in [9.17, 15) is 55.4 Å². The van der Waals surface area contributed by atoms with Crippen molar-refractivity contribution in [2.24, 2.45) is 0 Å². The van der Waals surface area contributed by atoms with Crippen LogP contribution in [0.3, 0.4) is 0 Å². The Kier molecular flexibility index (Phi) is 12.0. The molecular formula is C37H30F6N2O8. The van der Waals surface area contributed by atoms with Crippen LogP contribution in [-0.4, -0.2) is 73.2 Å². The Morgan fingerprint density at radius 3 is 1.92 bits per heavy atom. The summed E-state index contributed by atoms with van der Waals surface area (Å²) in [6.07, 6.45) is -10.1. The number of nitrogens with zero attached hydrogens (tertiary/aromatic N) is 1. The van der Waals surface area contributed by atoms with Gasteiger partial charge >= 0.3 is 30.3 Å². The molecule has 4 aromatic rings. The first-order chi connectivity index (χ1) is 24.8. The van der Waals surface area contributed by atoms with Gasteiger partial charge in [-0.05, 0) is 52.6 Å². The Morgan fingerprint density at radius 1 is 0.717 bits per heavy atom. The number of carboxylic acid groups (broad SMARTS) is 1. The number of aliphatic carboxylic acids is 1. The van der Waals surface area contributed by atoms with Crippen molar-refractivity contribution >= 4 is 35.4 Å². The molecule has 4 rings (SSSR count). The van der Waals surface area contributed by atoms with Crippen molar-refractivity contribution in [1.82, 2.24) is 4.90 Å². The molecule has 0 saturated heterocycles. The summed E-state index contributed by atoms with van der Waals surface area (Å²) >= 11 is 0. The minimum absolute atomic E-state index is 0.00517. The van der Waals surface area contributed by atoms with Gasteiger partial charge < -0.3 is 24.8 Å². The predicted octanol–water partition coefficient (Wildman–Crippen LogP) is 6.54. The van der Waals surface area contributed by atoms with Gasteiger partial charge in [-0.1, -0.05) is 66.7 Å². The smallest absolute Gasteiger partial charge is 0.422 e. The molecular weight excluding hydrogens is 714 g/mol. The van der Waals surface area contributed by atoms with E-state index in [-0.39, 0.29) is 27.9 Å². The Morgan fingerprint density at radius 2 is 1.34 bits per heavy atom. The van der Waals surface area contributed by atoms with Crippen LogP contribution in [0.2, 0.25) is 0 Å². The number of amides is 2. The molecule has 2 amide bonds. The van der Waals surface area contributed by atoms with E-state index < -0.39 is 72.7 Å². The molecule has 53 heavy (non-hydrogen) atoms. The molecule has 0 aliphatic heterocycles. The summed E-state index contributed by atoms with van der Waals surface area (Å²) < 4.78 is 87.2. The predicted molar refractivity (Wildman–Crippen MR) is 177 cm³/mol. The van der Waals surface area contributed by atoms with Crippen molar-refractivity contribution in [3.8, 4) is 11.1 Å². The number of hydrogen-bond acceptors (Lipinski definition) is 7. The van der Waals surface area contributed by atoms with Gasteiger partial charge in [0.1, 0.15) is 6.61 Å². The maximum absolute atomic E-state index is 13.5. The Labute approximate surface area is 297 Å². The van der Waals surface area contributed by atoms with Crippen LogP contribution in [0.15, 0.2) is 97.1 Å². The van der Waals surface area contributed by atoms with E-state index in [1.54, 1.807) is 6.07 Å². The first-order valence-corrected chi connectivity index (χ1v) is 15.4. The highest BCUT2D eigenvalue weighted by Crippen LogP contribution is 2.33. The van der Waals surface area contributed by atoms with E-state index in [1.807, 2.05) is 0 Å². The maximum Gasteiger partial charge on any atom is 0.422 e. The average Bonchev–Trinajstić information content (AvgIpc) is 3.11. The number of nitrogens with one attached hydrogen (secondary N) is 1. The van der Waals surface area contributed by atoms with E-state index >= 15 is 0 Å². The number of carbonyl (C=O) groups is 5. The first-order valence-electron chi connectivity index (χ1n) is 15.4. The van der Waals surface area contributed by atoms with Gasteiger partial charge in [0.2, 0.25) is 5.41 Å². The van der Waals surface area contributed by atoms with Gasteiger partial charge in [0.15, 0.2) is 6.61 Å². The average molecular weight is 745 g/mol. The van der Waals surface area contributed by atoms with Gasteiger partial charge in [0.05, 0.1) is 23.2 Å². The molecule has 2 N–H and O–H groups in total. The van der Waals surface area contributed by atoms with Crippen LogP contribution < -0.4 is 5.32 Å². The number of rotatable bonds is 12. The summed E-state index contributed by atoms with van der Waals surface area (Å²) in [7, 11) is 2.84. The van der Waals surface area contributed by atoms with Crippen LogP contribution in [0.1, 0.15) is 37.4 Å². The van der Waals surface area contributed by atoms with Crippen molar-refractivity contribution < 1.29 is 64.9 Å². The van der Waals surface area contributed by atoms with Gasteiger partial charge in [0.25, 0.3) is 11.8 Å². The van der Waals surface area contributed by atoms with Gasteiger partial charge in [-0.25, -0.2) is 0 Å². The molecule has 0 fully saturated rings. The van der Waals surface area contributed by atoms with Crippen molar-refractivity contribution in [3.63, 3.8) is 0 Å². The summed E-state index contributed by atoms with van der Waals surface area (Å²) in [4.78, 5) is 66.2. The number of alkyl halides is 6. The second kappa shape index (κ2) is 16.0. The van der Waals surface area contributed by atoms with Gasteiger partial charge in [-0.15, -0.1) is 0 Å². The van der Waals surface area contributed by atoms with Crippen LogP contribution in [0, 0.1) is 0 Å². The third kappa shape index (κ3) is 9.58. The van der Waals surface area contributed by atoms with Crippen LogP contribution in [-0.2, 0) is 41.9 Å². The molecule has 278 valence electrons. The van der Waals surface area contributed by atoms with Gasteiger partial charge in [0, 0.05) is 19.7 Å². The standard InChI is InChI=1S/C37H30F6N2O8/c1-45(2)32(48)28-18-22(19-30(46)52-20-35(33(49)50,24-8-4-3-5-9-24)34(51)53-21-36(38,39)40)12-17-29(28)44-31(47)27-11-7-6-10-26(27)23-13-15-25(16-14-23)37(41,42)43/h3-18H,19-21H2,1-2H3,(H,44,47)(H,49,50). The van der Waals surface area contributed by atoms with Crippen molar-refractivity contribution in [2.75, 3.05) is 32.6 Å². The first kappa shape index (κ1) is 39.6. The van der Waals surface area contributed by atoms with Gasteiger partial charge in [-0.3, -0.25) is 24.0 Å². The maximum atomic E-state index is 13.5. The third-order valence-corrected chi connectivity index (χ3v) is 7.81. The molecule has 0 aromatic heterocycles. The molecule has 16 heteroatoms. The molecule has 0 radical (unpaired) electrons. The highest BCUT2D eigenvalue weighted by Gasteiger charge is 2.52. The number of carboxylic acids is 1. The summed E-state index contributed by atoms with van der Waals surface area (Å²) in [5.74, 6) is -6.22. The number of hydrogen-bond donors (Lipinski definition) is 2. The Balaban J connectivity index is 1.58. The summed E-state index contributed by atoms with van der Waals surface area (Å²) in [6, 6.07) is 20.6. The molecule has 10 nitrogen and oxygen atoms in total. The second-order valence-corrected chi connectivity index (χ2v) is 11.8. The Bertz CT molecular complexity index is 2000. The zero-order valence-corrected chi connectivity index (χ0v) is 27.9. The molecule has 1 unspecified atom stereocenters. The van der Waals surface area contributed by atoms with Crippen LogP contribution in [0.4, 0.5) is 32.0 Å². The zero-order valence-electron chi connectivity index (χ0n) is 27.9. The third-order valence-electron chi connectivity index (χ3n) is 7.81. The fourth-order valence-electron chi connectivity index (χ4n) is 5.12. The molecule has 0 aliphatic carbocycles. The number of anilines is 1. The lowest BCUT2D eigenvalue weighted by Crippen LogP contribution is -2.50. The molecule has 0 heterocycles. The van der Waals surface area contributed by atoms with Crippen LogP contribution in [0.5, 0.6) is 0 Å². The van der Waals surface area contributed by atoms with E-state index in [0.29, 0.717) is 11.1 Å². The summed E-state index contributed by atoms with van der Waals surface area (Å²) in [6.45, 7) is -3.33. The summed E-state index contributed by atoms with van der Waals surface area (Å²) in [5, 5.41) is 12.7. The fraction of sp³-hybridized carbons (Fsp3) is 0.216. The number of esters is 2. The number of benzene rings is 4. The topological polar surface area (TPSA) is 139 Å². The SMILES string of the molecule is CN(C)C(=O)c1cc(CC(=O)OCC(C(=O)O)(C(=O)OCC(F)(F)F)c2ccccc2)ccc1NC(=O)c1ccccc1-c1ccc(C(F)(F)F)cc1. The quantitative estimate of drug-likeness (QED) is 0.0948. The largest absolute Gasteiger partial charge is 0.480 e. The Hall–Kier alpha value is -6.19. The molecule has 0 saturated carbocycles. The van der Waals surface area contributed by atoms with E-state index in [4.69, 9.17) is 4.74 Å². The van der Waals surface area contributed by atoms with E-state index in [1.165, 1.54) is 85.7 Å². The number of halogens is 6. The molecule has 0 bridgehead atoms. The number of ether oxygens (including phenoxy) is 2. The van der Waals surface area contributed by atoms with E-state index in [0.717, 1.165) is 24.3 Å². The zero-order chi connectivity index (χ0) is 39.1. The lowest BCUT2D eigenvalue weighted by molar-refractivity contribution is -0.194. The van der Waals surface area contributed by atoms with Crippen LogP contribution >= 0.6 is 0 Å². The second-order valence-electron chi connectivity index (χ2n) is 11.8. The van der Waals surface area contributed by atoms with Crippen LogP contribution in [0.25, 0.3) is 11.1 Å². The fourth-order valence-corrected chi connectivity index (χ4v) is 5.12. The van der Waals surface area contributed by atoms with Crippen molar-refractivity contribution in [2.45, 2.75) is 24.2 Å². The summed E-state index contributed by atoms with van der Waals surface area (Å²) in [5.41, 5.74) is -3.34.